The van der Waals surface area contributed by atoms with E-state index in [9.17, 15) is 0 Å². The molecule has 4 heteroatoms. The quantitative estimate of drug-likeness (QED) is 0.451. The minimum Gasteiger partial charge on any atom is -0.361 e. The summed E-state index contributed by atoms with van der Waals surface area (Å²) in [4.78, 5) is 3.34. The van der Waals surface area contributed by atoms with E-state index >= 15 is 0 Å². The third-order valence-corrected chi connectivity index (χ3v) is 5.07. The summed E-state index contributed by atoms with van der Waals surface area (Å²) < 4.78 is 0. The van der Waals surface area contributed by atoms with Gasteiger partial charge in [-0.1, -0.05) is 30.3 Å². The highest BCUT2D eigenvalue weighted by atomic mass is 15.1. The van der Waals surface area contributed by atoms with Crippen molar-refractivity contribution in [2.24, 2.45) is 0 Å². The molecule has 2 aromatic heterocycles. The van der Waals surface area contributed by atoms with Crippen molar-refractivity contribution in [1.29, 1.82) is 0 Å². The first kappa shape index (κ1) is 16.6. The summed E-state index contributed by atoms with van der Waals surface area (Å²) in [5.74, 6) is 0. The SMILES string of the molecule is Cc1ccc(-c2[nH]ncc2CNCCc2c[nH]c3ccccc23)cc1C. The molecule has 2 heterocycles. The first-order chi connectivity index (χ1) is 12.7. The Labute approximate surface area is 153 Å². The number of H-pyrrole nitrogens is 2. The van der Waals surface area contributed by atoms with E-state index in [1.165, 1.54) is 38.7 Å². The third kappa shape index (κ3) is 3.28. The normalized spacial score (nSPS) is 11.3. The van der Waals surface area contributed by atoms with Crippen LogP contribution in [0.25, 0.3) is 22.2 Å². The van der Waals surface area contributed by atoms with Crippen molar-refractivity contribution >= 4 is 10.9 Å². The van der Waals surface area contributed by atoms with Crippen LogP contribution < -0.4 is 5.32 Å². The molecular weight excluding hydrogens is 320 g/mol. The maximum absolute atomic E-state index is 4.25. The number of aromatic amines is 2. The maximum atomic E-state index is 4.25. The highest BCUT2D eigenvalue weighted by Crippen LogP contribution is 2.23. The second-order valence-corrected chi connectivity index (χ2v) is 6.86. The van der Waals surface area contributed by atoms with Gasteiger partial charge in [0.25, 0.3) is 0 Å². The number of nitrogens with zero attached hydrogens (tertiary/aromatic N) is 1. The number of hydrogen-bond acceptors (Lipinski definition) is 2. The lowest BCUT2D eigenvalue weighted by Gasteiger charge is -2.08. The molecule has 4 aromatic rings. The maximum Gasteiger partial charge on any atom is 0.0695 e. The van der Waals surface area contributed by atoms with Crippen molar-refractivity contribution in [3.05, 3.63) is 77.1 Å². The number of para-hydroxylation sites is 1. The molecule has 0 aliphatic rings. The Morgan fingerprint density at radius 1 is 1.00 bits per heavy atom. The monoisotopic (exact) mass is 344 g/mol. The van der Waals surface area contributed by atoms with Crippen molar-refractivity contribution < 1.29 is 0 Å². The van der Waals surface area contributed by atoms with Gasteiger partial charge in [0.2, 0.25) is 0 Å². The fourth-order valence-electron chi connectivity index (χ4n) is 3.38. The van der Waals surface area contributed by atoms with Gasteiger partial charge in [-0.3, -0.25) is 5.10 Å². The minimum absolute atomic E-state index is 0.807. The number of hydrogen-bond donors (Lipinski definition) is 3. The zero-order valence-corrected chi connectivity index (χ0v) is 15.3. The van der Waals surface area contributed by atoms with Crippen molar-refractivity contribution in [3.63, 3.8) is 0 Å². The van der Waals surface area contributed by atoms with Gasteiger partial charge in [0, 0.05) is 34.8 Å². The molecule has 4 rings (SSSR count). The van der Waals surface area contributed by atoms with E-state index in [2.05, 4.69) is 83.0 Å². The van der Waals surface area contributed by atoms with Gasteiger partial charge in [0.15, 0.2) is 0 Å². The molecule has 0 amide bonds. The van der Waals surface area contributed by atoms with Crippen molar-refractivity contribution in [1.82, 2.24) is 20.5 Å². The van der Waals surface area contributed by atoms with Crippen LogP contribution in [0.2, 0.25) is 0 Å². The first-order valence-corrected chi connectivity index (χ1v) is 9.08. The largest absolute Gasteiger partial charge is 0.361 e. The van der Waals surface area contributed by atoms with Crippen molar-refractivity contribution in [2.75, 3.05) is 6.54 Å². The molecule has 0 aliphatic heterocycles. The first-order valence-electron chi connectivity index (χ1n) is 9.08. The number of nitrogens with one attached hydrogen (secondary N) is 3. The van der Waals surface area contributed by atoms with Crippen LogP contribution in [0.3, 0.4) is 0 Å². The van der Waals surface area contributed by atoms with Crippen LogP contribution in [0, 0.1) is 13.8 Å². The molecule has 0 bridgehead atoms. The molecule has 0 atom stereocenters. The van der Waals surface area contributed by atoms with Crippen LogP contribution in [0.5, 0.6) is 0 Å². The van der Waals surface area contributed by atoms with Crippen LogP contribution in [-0.4, -0.2) is 21.7 Å². The molecule has 4 nitrogen and oxygen atoms in total. The Morgan fingerprint density at radius 2 is 1.88 bits per heavy atom. The molecule has 26 heavy (non-hydrogen) atoms. The van der Waals surface area contributed by atoms with Gasteiger partial charge >= 0.3 is 0 Å². The van der Waals surface area contributed by atoms with Crippen molar-refractivity contribution in [3.8, 4) is 11.3 Å². The van der Waals surface area contributed by atoms with Crippen LogP contribution in [-0.2, 0) is 13.0 Å². The van der Waals surface area contributed by atoms with Gasteiger partial charge < -0.3 is 10.3 Å². The van der Waals surface area contributed by atoms with E-state index in [1.54, 1.807) is 0 Å². The molecule has 0 saturated heterocycles. The van der Waals surface area contributed by atoms with Gasteiger partial charge in [0.1, 0.15) is 0 Å². The second-order valence-electron chi connectivity index (χ2n) is 6.86. The molecule has 3 N–H and O–H groups in total. The summed E-state index contributed by atoms with van der Waals surface area (Å²) in [5, 5.41) is 12.3. The summed E-state index contributed by atoms with van der Waals surface area (Å²) in [6, 6.07) is 15.0. The Hall–Kier alpha value is -2.85. The summed E-state index contributed by atoms with van der Waals surface area (Å²) in [7, 11) is 0. The number of aromatic nitrogens is 3. The van der Waals surface area contributed by atoms with Gasteiger partial charge in [-0.05, 0) is 55.6 Å². The van der Waals surface area contributed by atoms with E-state index in [0.717, 1.165) is 25.2 Å². The topological polar surface area (TPSA) is 56.5 Å². The fraction of sp³-hybridized carbons (Fsp3) is 0.227. The predicted molar refractivity (Wildman–Crippen MR) is 107 cm³/mol. The average Bonchev–Trinajstić information content (AvgIpc) is 3.28. The average molecular weight is 344 g/mol. The Balaban J connectivity index is 1.40. The number of aryl methyl sites for hydroxylation is 2. The molecule has 0 saturated carbocycles. The summed E-state index contributed by atoms with van der Waals surface area (Å²) in [5.41, 5.74) is 8.67. The zero-order chi connectivity index (χ0) is 17.9. The third-order valence-electron chi connectivity index (χ3n) is 5.07. The molecule has 0 fully saturated rings. The molecular formula is C22H24N4. The van der Waals surface area contributed by atoms with E-state index in [1.807, 2.05) is 6.20 Å². The molecule has 2 aromatic carbocycles. The summed E-state index contributed by atoms with van der Waals surface area (Å²) in [6.45, 7) is 6.02. The van der Waals surface area contributed by atoms with E-state index in [0.29, 0.717) is 0 Å². The van der Waals surface area contributed by atoms with E-state index < -0.39 is 0 Å². The molecule has 0 radical (unpaired) electrons. The predicted octanol–water partition coefficient (Wildman–Crippen LogP) is 4.51. The Bertz CT molecular complexity index is 1030. The fourth-order valence-corrected chi connectivity index (χ4v) is 3.38. The van der Waals surface area contributed by atoms with Crippen LogP contribution in [0.1, 0.15) is 22.3 Å². The van der Waals surface area contributed by atoms with Crippen LogP contribution >= 0.6 is 0 Å². The van der Waals surface area contributed by atoms with Crippen LogP contribution in [0.4, 0.5) is 0 Å². The molecule has 132 valence electrons. The standard InChI is InChI=1S/C22H24N4/c1-15-7-8-17(11-16(15)2)22-19(14-25-26-22)12-23-10-9-18-13-24-21-6-4-3-5-20(18)21/h3-8,11,13-14,23-24H,9-10,12H2,1-2H3,(H,25,26). The van der Waals surface area contributed by atoms with E-state index in [-0.39, 0.29) is 0 Å². The second kappa shape index (κ2) is 7.18. The smallest absolute Gasteiger partial charge is 0.0695 e. The van der Waals surface area contributed by atoms with Gasteiger partial charge in [0.05, 0.1) is 11.9 Å². The van der Waals surface area contributed by atoms with Gasteiger partial charge in [-0.25, -0.2) is 0 Å². The lowest BCUT2D eigenvalue weighted by molar-refractivity contribution is 0.689. The summed E-state index contributed by atoms with van der Waals surface area (Å²) in [6.07, 6.45) is 5.04. The number of benzene rings is 2. The van der Waals surface area contributed by atoms with Crippen molar-refractivity contribution in [2.45, 2.75) is 26.8 Å². The number of fused-ring (bicyclic) bond motifs is 1. The summed E-state index contributed by atoms with van der Waals surface area (Å²) >= 11 is 0. The highest BCUT2D eigenvalue weighted by Gasteiger charge is 2.09. The minimum atomic E-state index is 0.807. The Kier molecular flexibility index (Phi) is 4.59. The molecule has 0 spiro atoms. The molecule has 0 unspecified atom stereocenters. The van der Waals surface area contributed by atoms with Gasteiger partial charge in [-0.2, -0.15) is 5.10 Å². The van der Waals surface area contributed by atoms with Gasteiger partial charge in [-0.15, -0.1) is 0 Å². The zero-order valence-electron chi connectivity index (χ0n) is 15.3. The molecule has 0 aliphatic carbocycles. The Morgan fingerprint density at radius 3 is 2.77 bits per heavy atom. The lowest BCUT2D eigenvalue weighted by Crippen LogP contribution is -2.16. The lowest BCUT2D eigenvalue weighted by atomic mass is 10.0. The van der Waals surface area contributed by atoms with Crippen LogP contribution in [0.15, 0.2) is 54.9 Å². The number of rotatable bonds is 6. The van der Waals surface area contributed by atoms with E-state index in [4.69, 9.17) is 0 Å². The highest BCUT2D eigenvalue weighted by molar-refractivity contribution is 5.83.